The lowest BCUT2D eigenvalue weighted by atomic mass is 9.99. The van der Waals surface area contributed by atoms with E-state index in [1.54, 1.807) is 4.90 Å². The number of halogens is 2. The molecule has 138 valence electrons. The molecule has 4 nitrogen and oxygen atoms in total. The van der Waals surface area contributed by atoms with E-state index in [0.717, 1.165) is 29.0 Å². The molecule has 2 heterocycles. The van der Waals surface area contributed by atoms with Crippen LogP contribution in [0.2, 0.25) is 0 Å². The highest BCUT2D eigenvalue weighted by Gasteiger charge is 2.32. The third-order valence-electron chi connectivity index (χ3n) is 4.89. The lowest BCUT2D eigenvalue weighted by molar-refractivity contribution is 0.181. The van der Waals surface area contributed by atoms with E-state index >= 15 is 0 Å². The summed E-state index contributed by atoms with van der Waals surface area (Å²) in [4.78, 5) is 14.5. The maximum atomic E-state index is 14.0. The number of carbonyl (C=O) groups is 1. The average molecular weight is 367 g/mol. The van der Waals surface area contributed by atoms with E-state index in [9.17, 15) is 13.6 Å². The fraction of sp³-hybridized carbons (Fsp3) is 0.190. The molecule has 27 heavy (non-hydrogen) atoms. The molecule has 4 rings (SSSR count). The van der Waals surface area contributed by atoms with Gasteiger partial charge in [0.15, 0.2) is 0 Å². The molecule has 0 spiro atoms. The van der Waals surface area contributed by atoms with Gasteiger partial charge in [0.25, 0.3) is 0 Å². The van der Waals surface area contributed by atoms with Crippen LogP contribution in [0.15, 0.2) is 60.8 Å². The number of nitrogens with zero attached hydrogens (tertiary/aromatic N) is 2. The second-order valence-corrected chi connectivity index (χ2v) is 6.66. The second-order valence-electron chi connectivity index (χ2n) is 6.66. The van der Waals surface area contributed by atoms with Crippen LogP contribution in [0.4, 0.5) is 19.3 Å². The van der Waals surface area contributed by atoms with E-state index in [2.05, 4.69) is 9.88 Å². The third-order valence-corrected chi connectivity index (χ3v) is 4.89. The van der Waals surface area contributed by atoms with Gasteiger partial charge in [-0.1, -0.05) is 35.9 Å². The van der Waals surface area contributed by atoms with Gasteiger partial charge in [-0.2, -0.15) is 0 Å². The average Bonchev–Trinajstić information content (AvgIpc) is 3.13. The van der Waals surface area contributed by atoms with Gasteiger partial charge in [-0.05, 0) is 36.8 Å². The minimum atomic E-state index is -0.796. The SMILES string of the molecule is Cc1ccc([C@H]2c3cccn3CCN2C(=O)Nc2c(F)cccc2F)cc1. The first-order valence-corrected chi connectivity index (χ1v) is 8.78. The summed E-state index contributed by atoms with van der Waals surface area (Å²) in [6.45, 7) is 3.05. The summed E-state index contributed by atoms with van der Waals surface area (Å²) in [6, 6.07) is 14.5. The number of nitrogens with one attached hydrogen (secondary N) is 1. The van der Waals surface area contributed by atoms with Gasteiger partial charge in [-0.25, -0.2) is 13.6 Å². The van der Waals surface area contributed by atoms with Crippen LogP contribution in [0.3, 0.4) is 0 Å². The van der Waals surface area contributed by atoms with Crippen LogP contribution in [0, 0.1) is 18.6 Å². The third kappa shape index (κ3) is 3.18. The molecule has 1 atom stereocenters. The summed E-state index contributed by atoms with van der Waals surface area (Å²) in [5, 5.41) is 2.41. The number of fused-ring (bicyclic) bond motifs is 1. The molecule has 0 aliphatic carbocycles. The number of benzene rings is 2. The highest BCUT2D eigenvalue weighted by atomic mass is 19.1. The van der Waals surface area contributed by atoms with Crippen LogP contribution < -0.4 is 5.32 Å². The van der Waals surface area contributed by atoms with Gasteiger partial charge in [-0.3, -0.25) is 0 Å². The second kappa shape index (κ2) is 6.87. The predicted octanol–water partition coefficient (Wildman–Crippen LogP) is 4.71. The Kier molecular flexibility index (Phi) is 4.39. The van der Waals surface area contributed by atoms with Crippen molar-refractivity contribution in [2.45, 2.75) is 19.5 Å². The first kappa shape index (κ1) is 17.3. The van der Waals surface area contributed by atoms with Gasteiger partial charge in [0.1, 0.15) is 17.3 Å². The molecule has 2 aromatic carbocycles. The lowest BCUT2D eigenvalue weighted by Crippen LogP contribution is -2.44. The normalized spacial score (nSPS) is 16.1. The number of para-hydroxylation sites is 1. The zero-order valence-corrected chi connectivity index (χ0v) is 14.8. The van der Waals surface area contributed by atoms with E-state index in [-0.39, 0.29) is 6.04 Å². The standard InChI is InChI=1S/C21H19F2N3O/c1-14-7-9-15(10-8-14)20-18-6-3-11-25(18)12-13-26(20)21(27)24-19-16(22)4-2-5-17(19)23/h2-11,20H,12-13H2,1H3,(H,24,27)/t20-/m0/s1. The number of carbonyl (C=O) groups excluding carboxylic acids is 1. The molecule has 3 aromatic rings. The fourth-order valence-electron chi connectivity index (χ4n) is 3.50. The van der Waals surface area contributed by atoms with Crippen LogP contribution in [0.1, 0.15) is 22.9 Å². The Morgan fingerprint density at radius 1 is 1.00 bits per heavy atom. The van der Waals surface area contributed by atoms with Crippen molar-refractivity contribution in [1.29, 1.82) is 0 Å². The van der Waals surface area contributed by atoms with Crippen LogP contribution >= 0.6 is 0 Å². The molecule has 0 unspecified atom stereocenters. The topological polar surface area (TPSA) is 37.3 Å². The predicted molar refractivity (Wildman–Crippen MR) is 99.5 cm³/mol. The molecule has 1 aliphatic heterocycles. The van der Waals surface area contributed by atoms with Crippen LogP contribution in [-0.2, 0) is 6.54 Å². The quantitative estimate of drug-likeness (QED) is 0.700. The highest BCUT2D eigenvalue weighted by Crippen LogP contribution is 2.33. The van der Waals surface area contributed by atoms with E-state index in [1.807, 2.05) is 49.5 Å². The molecule has 0 fully saturated rings. The Hall–Kier alpha value is -3.15. The molecular formula is C21H19F2N3O. The van der Waals surface area contributed by atoms with Gasteiger partial charge in [0, 0.05) is 25.0 Å². The summed E-state index contributed by atoms with van der Waals surface area (Å²) < 4.78 is 30.0. The number of urea groups is 1. The first-order chi connectivity index (χ1) is 13.0. The van der Waals surface area contributed by atoms with Crippen LogP contribution in [-0.4, -0.2) is 22.0 Å². The number of aromatic nitrogens is 1. The molecule has 0 saturated carbocycles. The molecular weight excluding hydrogens is 348 g/mol. The lowest BCUT2D eigenvalue weighted by Gasteiger charge is -2.37. The minimum Gasteiger partial charge on any atom is -0.348 e. The molecule has 1 aromatic heterocycles. The van der Waals surface area contributed by atoms with Crippen molar-refractivity contribution in [3.05, 3.63) is 89.2 Å². The number of rotatable bonds is 2. The van der Waals surface area contributed by atoms with Gasteiger partial charge in [-0.15, -0.1) is 0 Å². The Balaban J connectivity index is 1.70. The van der Waals surface area contributed by atoms with Gasteiger partial charge >= 0.3 is 6.03 Å². The monoisotopic (exact) mass is 367 g/mol. The van der Waals surface area contributed by atoms with Gasteiger partial charge < -0.3 is 14.8 Å². The number of hydrogen-bond donors (Lipinski definition) is 1. The van der Waals surface area contributed by atoms with Crippen molar-refractivity contribution >= 4 is 11.7 Å². The smallest absolute Gasteiger partial charge is 0.322 e. The molecule has 1 N–H and O–H groups in total. The van der Waals surface area contributed by atoms with Gasteiger partial charge in [0.05, 0.1) is 6.04 Å². The zero-order valence-electron chi connectivity index (χ0n) is 14.8. The summed E-state index contributed by atoms with van der Waals surface area (Å²) in [5.74, 6) is -1.59. The summed E-state index contributed by atoms with van der Waals surface area (Å²) >= 11 is 0. The Morgan fingerprint density at radius 3 is 2.41 bits per heavy atom. The first-order valence-electron chi connectivity index (χ1n) is 8.78. The van der Waals surface area contributed by atoms with E-state index in [4.69, 9.17) is 0 Å². The molecule has 0 saturated heterocycles. The van der Waals surface area contributed by atoms with E-state index in [1.165, 1.54) is 6.07 Å². The Bertz CT molecular complexity index is 961. The van der Waals surface area contributed by atoms with Crippen molar-refractivity contribution in [2.24, 2.45) is 0 Å². The van der Waals surface area contributed by atoms with Gasteiger partial charge in [0.2, 0.25) is 0 Å². The Morgan fingerprint density at radius 2 is 1.70 bits per heavy atom. The number of hydrogen-bond acceptors (Lipinski definition) is 1. The molecule has 0 bridgehead atoms. The van der Waals surface area contributed by atoms with E-state index < -0.39 is 23.4 Å². The van der Waals surface area contributed by atoms with Crippen LogP contribution in [0.25, 0.3) is 0 Å². The molecule has 6 heteroatoms. The summed E-state index contributed by atoms with van der Waals surface area (Å²) in [7, 11) is 0. The van der Waals surface area contributed by atoms with Crippen molar-refractivity contribution in [1.82, 2.24) is 9.47 Å². The van der Waals surface area contributed by atoms with Crippen molar-refractivity contribution in [3.8, 4) is 0 Å². The molecule has 2 amide bonds. The zero-order chi connectivity index (χ0) is 19.0. The minimum absolute atomic E-state index is 0.329. The Labute approximate surface area is 156 Å². The number of aryl methyl sites for hydroxylation is 1. The fourth-order valence-corrected chi connectivity index (χ4v) is 3.50. The highest BCUT2D eigenvalue weighted by molar-refractivity contribution is 5.90. The maximum absolute atomic E-state index is 14.0. The van der Waals surface area contributed by atoms with Crippen molar-refractivity contribution in [2.75, 3.05) is 11.9 Å². The van der Waals surface area contributed by atoms with Crippen molar-refractivity contribution < 1.29 is 13.6 Å². The number of anilines is 1. The number of amides is 2. The largest absolute Gasteiger partial charge is 0.348 e. The van der Waals surface area contributed by atoms with Crippen LogP contribution in [0.5, 0.6) is 0 Å². The van der Waals surface area contributed by atoms with Crippen molar-refractivity contribution in [3.63, 3.8) is 0 Å². The molecule has 0 radical (unpaired) electrons. The maximum Gasteiger partial charge on any atom is 0.322 e. The summed E-state index contributed by atoms with van der Waals surface area (Å²) in [5.41, 5.74) is 2.61. The summed E-state index contributed by atoms with van der Waals surface area (Å²) in [6.07, 6.45) is 1.97. The van der Waals surface area contributed by atoms with E-state index in [0.29, 0.717) is 13.1 Å². The molecule has 1 aliphatic rings.